The van der Waals surface area contributed by atoms with Gasteiger partial charge in [0.25, 0.3) is 0 Å². The molecule has 11 heteroatoms. The van der Waals surface area contributed by atoms with Crippen LogP contribution in [0.4, 0.5) is 0 Å². The zero-order valence-corrected chi connectivity index (χ0v) is 23.7. The number of methoxy groups -OCH3 is 3. The van der Waals surface area contributed by atoms with Gasteiger partial charge >= 0.3 is 5.97 Å². The summed E-state index contributed by atoms with van der Waals surface area (Å²) < 4.78 is 28.3. The van der Waals surface area contributed by atoms with Gasteiger partial charge in [0.05, 0.1) is 30.5 Å². The van der Waals surface area contributed by atoms with Crippen molar-refractivity contribution in [2.45, 2.75) is 114 Å². The third kappa shape index (κ3) is 7.13. The van der Waals surface area contributed by atoms with E-state index in [1.54, 1.807) is 20.8 Å². The van der Waals surface area contributed by atoms with Crippen LogP contribution in [0.1, 0.15) is 59.8 Å². The topological polar surface area (TPSA) is 164 Å². The van der Waals surface area contributed by atoms with Gasteiger partial charge in [0.1, 0.15) is 12.2 Å². The zero-order chi connectivity index (χ0) is 28.8. The summed E-state index contributed by atoms with van der Waals surface area (Å²) in [6.07, 6.45) is -5.71. The molecule has 2 heterocycles. The van der Waals surface area contributed by atoms with E-state index in [1.165, 1.54) is 21.3 Å². The molecule has 222 valence electrons. The molecule has 11 nitrogen and oxygen atoms in total. The average Bonchev–Trinajstić information content (AvgIpc) is 2.89. The molecule has 38 heavy (non-hydrogen) atoms. The van der Waals surface area contributed by atoms with Crippen LogP contribution in [-0.2, 0) is 28.5 Å². The minimum Gasteiger partial charge on any atom is -0.456 e. The molecule has 0 aromatic rings. The number of fused-ring (bicyclic) bond motifs is 2. The maximum atomic E-state index is 13.1. The molecule has 0 radical (unpaired) electrons. The largest absolute Gasteiger partial charge is 0.456 e. The second-order valence-electron chi connectivity index (χ2n) is 11.1. The van der Waals surface area contributed by atoms with E-state index in [9.17, 15) is 30.3 Å². The SMILES string of the molecule is CC[C@@H](/C=C(/C)C1C[C@@H](OC)C[C@H](O)C(C)(C)[C@@]2(O)O[C@@H](C[C@@H](OC)[C@H](O)C(=O)O1)C[C@@H](OC)[C@H]2O)CO. The Bertz CT molecular complexity index is 783. The van der Waals surface area contributed by atoms with Gasteiger partial charge in [-0.25, -0.2) is 4.79 Å². The number of hydrogen-bond acceptors (Lipinski definition) is 11. The lowest BCUT2D eigenvalue weighted by Gasteiger charge is -2.54. The van der Waals surface area contributed by atoms with Crippen LogP contribution in [0.5, 0.6) is 0 Å². The summed E-state index contributed by atoms with van der Waals surface area (Å²) in [5.74, 6) is -3.29. The molecule has 2 saturated heterocycles. The highest BCUT2D eigenvalue weighted by molar-refractivity contribution is 5.75. The summed E-state index contributed by atoms with van der Waals surface area (Å²) in [6.45, 7) is 6.81. The monoisotopic (exact) mass is 548 g/mol. The Hall–Kier alpha value is -1.15. The van der Waals surface area contributed by atoms with Gasteiger partial charge in [0.2, 0.25) is 5.79 Å². The minimum absolute atomic E-state index is 0.0174. The number of hydrogen-bond donors (Lipinski definition) is 5. The Labute approximate surface area is 225 Å². The predicted octanol–water partition coefficient (Wildman–Crippen LogP) is 0.678. The highest BCUT2D eigenvalue weighted by atomic mass is 16.7. The smallest absolute Gasteiger partial charge is 0.338 e. The molecule has 0 aromatic carbocycles. The molecule has 5 N–H and O–H groups in total. The molecule has 0 aromatic heterocycles. The van der Waals surface area contributed by atoms with Crippen LogP contribution in [0.2, 0.25) is 0 Å². The summed E-state index contributed by atoms with van der Waals surface area (Å²) in [6, 6.07) is 0. The molecule has 1 unspecified atom stereocenters. The second kappa shape index (κ2) is 14.0. The summed E-state index contributed by atoms with van der Waals surface area (Å²) in [7, 11) is 4.20. The van der Waals surface area contributed by atoms with Crippen molar-refractivity contribution in [3.05, 3.63) is 11.6 Å². The maximum Gasteiger partial charge on any atom is 0.338 e. The average molecular weight is 549 g/mol. The van der Waals surface area contributed by atoms with Gasteiger partial charge in [-0.2, -0.15) is 0 Å². The fourth-order valence-corrected chi connectivity index (χ4v) is 5.30. The first-order valence-corrected chi connectivity index (χ1v) is 13.3. The van der Waals surface area contributed by atoms with Crippen molar-refractivity contribution in [1.82, 2.24) is 0 Å². The molecule has 0 amide bonds. The Morgan fingerprint density at radius 3 is 2.18 bits per heavy atom. The molecule has 10 atom stereocenters. The maximum absolute atomic E-state index is 13.1. The van der Waals surface area contributed by atoms with Crippen LogP contribution in [0, 0.1) is 11.3 Å². The molecule has 0 spiro atoms. The van der Waals surface area contributed by atoms with Gasteiger partial charge in [0.15, 0.2) is 6.10 Å². The summed E-state index contributed by atoms with van der Waals surface area (Å²) in [5, 5.41) is 54.7. The minimum atomic E-state index is -2.23. The normalized spacial score (nSPS) is 40.2. The zero-order valence-electron chi connectivity index (χ0n) is 23.7. The Kier molecular flexibility index (Phi) is 12.1. The number of aliphatic hydroxyl groups is 5. The quantitative estimate of drug-likeness (QED) is 0.224. The van der Waals surface area contributed by atoms with Crippen molar-refractivity contribution >= 4 is 5.97 Å². The van der Waals surface area contributed by atoms with E-state index >= 15 is 0 Å². The van der Waals surface area contributed by atoms with Crippen molar-refractivity contribution in [2.75, 3.05) is 27.9 Å². The lowest BCUT2D eigenvalue weighted by atomic mass is 9.70. The molecular weight excluding hydrogens is 500 g/mol. The Morgan fingerprint density at radius 1 is 1.05 bits per heavy atom. The highest BCUT2D eigenvalue weighted by Crippen LogP contribution is 2.46. The number of cyclic esters (lactones) is 1. The first kappa shape index (κ1) is 33.1. The van der Waals surface area contributed by atoms with Crippen molar-refractivity contribution in [1.29, 1.82) is 0 Å². The van der Waals surface area contributed by atoms with E-state index in [0.717, 1.165) is 0 Å². The van der Waals surface area contributed by atoms with Crippen molar-refractivity contribution in [3.63, 3.8) is 0 Å². The Balaban J connectivity index is 2.56. The molecule has 2 bridgehead atoms. The van der Waals surface area contributed by atoms with Crippen LogP contribution in [0.15, 0.2) is 11.6 Å². The predicted molar refractivity (Wildman–Crippen MR) is 137 cm³/mol. The lowest BCUT2D eigenvalue weighted by Crippen LogP contribution is -2.68. The Morgan fingerprint density at radius 2 is 1.66 bits per heavy atom. The fourth-order valence-electron chi connectivity index (χ4n) is 5.30. The third-order valence-corrected chi connectivity index (χ3v) is 8.37. The fraction of sp³-hybridized carbons (Fsp3) is 0.889. The van der Waals surface area contributed by atoms with E-state index in [1.807, 2.05) is 13.0 Å². The number of ether oxygens (including phenoxy) is 5. The van der Waals surface area contributed by atoms with Crippen LogP contribution < -0.4 is 0 Å². The van der Waals surface area contributed by atoms with E-state index in [4.69, 9.17) is 23.7 Å². The van der Waals surface area contributed by atoms with Gasteiger partial charge in [0, 0.05) is 65.0 Å². The lowest BCUT2D eigenvalue weighted by molar-refractivity contribution is -0.379. The van der Waals surface area contributed by atoms with Crippen LogP contribution in [-0.4, -0.2) is 114 Å². The van der Waals surface area contributed by atoms with Crippen molar-refractivity contribution in [3.8, 4) is 0 Å². The van der Waals surface area contributed by atoms with Gasteiger partial charge in [-0.05, 0) is 18.9 Å². The molecule has 2 aliphatic heterocycles. The summed E-state index contributed by atoms with van der Waals surface area (Å²) >= 11 is 0. The van der Waals surface area contributed by atoms with Gasteiger partial charge in [-0.1, -0.05) is 26.8 Å². The van der Waals surface area contributed by atoms with E-state index in [0.29, 0.717) is 12.0 Å². The van der Waals surface area contributed by atoms with Crippen molar-refractivity contribution in [2.24, 2.45) is 11.3 Å². The molecular formula is C27H48O11. The van der Waals surface area contributed by atoms with Gasteiger partial charge < -0.3 is 49.2 Å². The molecule has 0 aliphatic carbocycles. The highest BCUT2D eigenvalue weighted by Gasteiger charge is 2.60. The van der Waals surface area contributed by atoms with E-state index < -0.39 is 66.0 Å². The van der Waals surface area contributed by atoms with Gasteiger partial charge in [-0.15, -0.1) is 0 Å². The molecule has 2 fully saturated rings. The first-order chi connectivity index (χ1) is 17.8. The van der Waals surface area contributed by atoms with Crippen LogP contribution in [0.3, 0.4) is 0 Å². The van der Waals surface area contributed by atoms with Crippen molar-refractivity contribution < 1.29 is 54.0 Å². The van der Waals surface area contributed by atoms with E-state index in [-0.39, 0.29) is 38.2 Å². The number of rotatable bonds is 7. The third-order valence-electron chi connectivity index (χ3n) is 8.37. The van der Waals surface area contributed by atoms with Crippen LogP contribution >= 0.6 is 0 Å². The van der Waals surface area contributed by atoms with Gasteiger partial charge in [-0.3, -0.25) is 0 Å². The molecule has 2 rings (SSSR count). The summed E-state index contributed by atoms with van der Waals surface area (Å²) in [5.41, 5.74) is -0.730. The number of carbonyl (C=O) groups excluding carboxylic acids is 1. The number of esters is 1. The summed E-state index contributed by atoms with van der Waals surface area (Å²) in [4.78, 5) is 13.1. The first-order valence-electron chi connectivity index (χ1n) is 13.3. The molecule has 2 aliphatic rings. The van der Waals surface area contributed by atoms with Crippen LogP contribution in [0.25, 0.3) is 0 Å². The number of aliphatic hydroxyl groups excluding tert-OH is 4. The number of carbonyl (C=O) groups is 1. The molecule has 0 saturated carbocycles. The second-order valence-corrected chi connectivity index (χ2v) is 11.1. The van der Waals surface area contributed by atoms with E-state index in [2.05, 4.69) is 0 Å². The standard InChI is InChI=1S/C27H48O11/c1-8-16(14-28)9-15(2)19-10-17(34-5)13-22(29)26(3,4)27(33)24(31)21(36-7)12-18(38-27)11-20(35-6)23(30)25(32)37-19/h9,16-24,28-31,33H,8,10-14H2,1-7H3/b15-9-/t16-,17+,18-,19?,20+,21+,22-,23-,24+,27-/m0/s1.